The lowest BCUT2D eigenvalue weighted by atomic mass is 10.0. The van der Waals surface area contributed by atoms with Gasteiger partial charge >= 0.3 is 0 Å². The van der Waals surface area contributed by atoms with E-state index in [0.29, 0.717) is 12.1 Å². The first-order chi connectivity index (χ1) is 8.18. The second-order valence-electron chi connectivity index (χ2n) is 5.08. The molecule has 0 spiro atoms. The molecular formula is C15H23NO. The SMILES string of the molecule is Cc1cccc(CNC(C)C2CCCO2)c1C. The number of hydrogen-bond acceptors (Lipinski definition) is 2. The summed E-state index contributed by atoms with van der Waals surface area (Å²) in [5, 5.41) is 3.58. The standard InChI is InChI=1S/C15H23NO/c1-11-6-4-7-14(12(11)2)10-16-13(3)15-8-5-9-17-15/h4,6-7,13,15-16H,5,8-10H2,1-3H3. The van der Waals surface area contributed by atoms with Crippen LogP contribution < -0.4 is 5.32 Å². The highest BCUT2D eigenvalue weighted by Gasteiger charge is 2.21. The Labute approximate surface area is 104 Å². The molecule has 2 atom stereocenters. The summed E-state index contributed by atoms with van der Waals surface area (Å²) >= 11 is 0. The summed E-state index contributed by atoms with van der Waals surface area (Å²) < 4.78 is 5.69. The van der Waals surface area contributed by atoms with E-state index in [9.17, 15) is 0 Å². The second-order valence-corrected chi connectivity index (χ2v) is 5.08. The van der Waals surface area contributed by atoms with Crippen LogP contribution in [0.5, 0.6) is 0 Å². The molecule has 94 valence electrons. The van der Waals surface area contributed by atoms with Crippen molar-refractivity contribution in [2.24, 2.45) is 0 Å². The lowest BCUT2D eigenvalue weighted by molar-refractivity contribution is 0.0832. The Morgan fingerprint density at radius 1 is 1.41 bits per heavy atom. The number of hydrogen-bond donors (Lipinski definition) is 1. The Hall–Kier alpha value is -0.860. The Kier molecular flexibility index (Phi) is 4.19. The molecule has 2 nitrogen and oxygen atoms in total. The smallest absolute Gasteiger partial charge is 0.0726 e. The third-order valence-electron chi connectivity index (χ3n) is 3.85. The molecule has 1 aromatic rings. The summed E-state index contributed by atoms with van der Waals surface area (Å²) in [6.07, 6.45) is 2.81. The van der Waals surface area contributed by atoms with Crippen LogP contribution in [0.3, 0.4) is 0 Å². The van der Waals surface area contributed by atoms with Crippen molar-refractivity contribution in [1.82, 2.24) is 5.32 Å². The molecule has 1 saturated heterocycles. The molecule has 2 unspecified atom stereocenters. The van der Waals surface area contributed by atoms with E-state index in [0.717, 1.165) is 13.2 Å². The highest BCUT2D eigenvalue weighted by molar-refractivity contribution is 5.32. The Balaban J connectivity index is 1.90. The van der Waals surface area contributed by atoms with E-state index in [1.54, 1.807) is 0 Å². The second kappa shape index (κ2) is 5.65. The number of nitrogens with one attached hydrogen (secondary N) is 1. The van der Waals surface area contributed by atoms with Gasteiger partial charge in [-0.05, 0) is 50.3 Å². The first-order valence-electron chi connectivity index (χ1n) is 6.58. The lowest BCUT2D eigenvalue weighted by Crippen LogP contribution is -2.36. The van der Waals surface area contributed by atoms with E-state index >= 15 is 0 Å². The molecule has 0 aromatic heterocycles. The molecule has 0 bridgehead atoms. The fourth-order valence-electron chi connectivity index (χ4n) is 2.40. The van der Waals surface area contributed by atoms with Crippen LogP contribution in [0.2, 0.25) is 0 Å². The molecule has 1 aliphatic heterocycles. The van der Waals surface area contributed by atoms with Gasteiger partial charge in [-0.1, -0.05) is 18.2 Å². The van der Waals surface area contributed by atoms with Gasteiger partial charge in [0, 0.05) is 19.2 Å². The van der Waals surface area contributed by atoms with Gasteiger partial charge < -0.3 is 10.1 Å². The Morgan fingerprint density at radius 2 is 2.24 bits per heavy atom. The van der Waals surface area contributed by atoms with Crippen molar-refractivity contribution in [3.05, 3.63) is 34.9 Å². The summed E-state index contributed by atoms with van der Waals surface area (Å²) in [7, 11) is 0. The molecule has 1 aromatic carbocycles. The van der Waals surface area contributed by atoms with Crippen molar-refractivity contribution in [2.45, 2.75) is 52.3 Å². The highest BCUT2D eigenvalue weighted by atomic mass is 16.5. The van der Waals surface area contributed by atoms with E-state index in [1.165, 1.54) is 29.5 Å². The van der Waals surface area contributed by atoms with Crippen LogP contribution in [0.15, 0.2) is 18.2 Å². The zero-order valence-electron chi connectivity index (χ0n) is 11.1. The first kappa shape index (κ1) is 12.6. The zero-order chi connectivity index (χ0) is 12.3. The van der Waals surface area contributed by atoms with Crippen LogP contribution in [0.4, 0.5) is 0 Å². The molecule has 0 saturated carbocycles. The summed E-state index contributed by atoms with van der Waals surface area (Å²) in [6.45, 7) is 8.46. The molecule has 0 radical (unpaired) electrons. The van der Waals surface area contributed by atoms with Gasteiger partial charge in [-0.2, -0.15) is 0 Å². The number of ether oxygens (including phenoxy) is 1. The number of benzene rings is 1. The lowest BCUT2D eigenvalue weighted by Gasteiger charge is -2.21. The van der Waals surface area contributed by atoms with E-state index < -0.39 is 0 Å². The van der Waals surface area contributed by atoms with Crippen LogP contribution in [0, 0.1) is 13.8 Å². The summed E-state index contributed by atoms with van der Waals surface area (Å²) in [4.78, 5) is 0. The maximum absolute atomic E-state index is 5.69. The normalized spacial score (nSPS) is 21.7. The van der Waals surface area contributed by atoms with Gasteiger partial charge in [0.2, 0.25) is 0 Å². The van der Waals surface area contributed by atoms with Gasteiger partial charge in [-0.15, -0.1) is 0 Å². The summed E-state index contributed by atoms with van der Waals surface area (Å²) in [5.41, 5.74) is 4.17. The summed E-state index contributed by atoms with van der Waals surface area (Å²) in [5.74, 6) is 0. The predicted molar refractivity (Wildman–Crippen MR) is 71.2 cm³/mol. The molecule has 2 heteroatoms. The minimum Gasteiger partial charge on any atom is -0.377 e. The van der Waals surface area contributed by atoms with Gasteiger partial charge in [0.1, 0.15) is 0 Å². The Morgan fingerprint density at radius 3 is 2.94 bits per heavy atom. The van der Waals surface area contributed by atoms with Crippen molar-refractivity contribution in [2.75, 3.05) is 6.61 Å². The van der Waals surface area contributed by atoms with Crippen molar-refractivity contribution >= 4 is 0 Å². The minimum atomic E-state index is 0.403. The van der Waals surface area contributed by atoms with Gasteiger partial charge in [0.15, 0.2) is 0 Å². The van der Waals surface area contributed by atoms with Crippen molar-refractivity contribution in [1.29, 1.82) is 0 Å². The topological polar surface area (TPSA) is 21.3 Å². The van der Waals surface area contributed by atoms with Crippen molar-refractivity contribution in [3.8, 4) is 0 Å². The van der Waals surface area contributed by atoms with Gasteiger partial charge in [0.05, 0.1) is 6.10 Å². The molecule has 1 N–H and O–H groups in total. The molecule has 0 amide bonds. The van der Waals surface area contributed by atoms with Crippen molar-refractivity contribution < 1.29 is 4.74 Å². The first-order valence-corrected chi connectivity index (χ1v) is 6.58. The number of aryl methyl sites for hydroxylation is 1. The van der Waals surface area contributed by atoms with Gasteiger partial charge in [-0.25, -0.2) is 0 Å². The summed E-state index contributed by atoms with van der Waals surface area (Å²) in [6, 6.07) is 6.95. The average Bonchev–Trinajstić information content (AvgIpc) is 2.84. The maximum atomic E-state index is 5.69. The van der Waals surface area contributed by atoms with Crippen LogP contribution in [0.1, 0.15) is 36.5 Å². The quantitative estimate of drug-likeness (QED) is 0.863. The van der Waals surface area contributed by atoms with E-state index in [4.69, 9.17) is 4.74 Å². The fourth-order valence-corrected chi connectivity index (χ4v) is 2.40. The molecule has 1 fully saturated rings. The number of rotatable bonds is 4. The highest BCUT2D eigenvalue weighted by Crippen LogP contribution is 2.17. The minimum absolute atomic E-state index is 0.403. The molecule has 2 rings (SSSR count). The molecule has 1 heterocycles. The third-order valence-corrected chi connectivity index (χ3v) is 3.85. The van der Waals surface area contributed by atoms with Gasteiger partial charge in [0.25, 0.3) is 0 Å². The van der Waals surface area contributed by atoms with Crippen LogP contribution in [-0.2, 0) is 11.3 Å². The van der Waals surface area contributed by atoms with Crippen LogP contribution in [0.25, 0.3) is 0 Å². The molecule has 1 aliphatic rings. The van der Waals surface area contributed by atoms with E-state index in [1.807, 2.05) is 0 Å². The molecule has 0 aliphatic carbocycles. The third kappa shape index (κ3) is 3.08. The van der Waals surface area contributed by atoms with Crippen LogP contribution in [-0.4, -0.2) is 18.8 Å². The van der Waals surface area contributed by atoms with E-state index in [-0.39, 0.29) is 0 Å². The average molecular weight is 233 g/mol. The van der Waals surface area contributed by atoms with Crippen molar-refractivity contribution in [3.63, 3.8) is 0 Å². The monoisotopic (exact) mass is 233 g/mol. The molecular weight excluding hydrogens is 210 g/mol. The Bertz CT molecular complexity index is 369. The van der Waals surface area contributed by atoms with Gasteiger partial charge in [-0.3, -0.25) is 0 Å². The van der Waals surface area contributed by atoms with Crippen LogP contribution >= 0.6 is 0 Å². The predicted octanol–water partition coefficient (Wildman–Crippen LogP) is 2.96. The maximum Gasteiger partial charge on any atom is 0.0726 e. The molecule has 17 heavy (non-hydrogen) atoms. The zero-order valence-corrected chi connectivity index (χ0v) is 11.1. The van der Waals surface area contributed by atoms with E-state index in [2.05, 4.69) is 44.3 Å². The fraction of sp³-hybridized carbons (Fsp3) is 0.600. The largest absolute Gasteiger partial charge is 0.377 e.